The van der Waals surface area contributed by atoms with Crippen molar-refractivity contribution >= 4 is 5.97 Å². The second kappa shape index (κ2) is 3.82. The van der Waals surface area contributed by atoms with Crippen molar-refractivity contribution in [2.45, 2.75) is 38.0 Å². The summed E-state index contributed by atoms with van der Waals surface area (Å²) in [5, 5.41) is 8.45. The summed E-state index contributed by atoms with van der Waals surface area (Å²) in [4.78, 5) is 14.4. The van der Waals surface area contributed by atoms with Crippen molar-refractivity contribution in [1.82, 2.24) is 4.98 Å². The maximum atomic E-state index is 10.3. The Morgan fingerprint density at radius 1 is 1.64 bits per heavy atom. The Kier molecular flexibility index (Phi) is 2.52. The van der Waals surface area contributed by atoms with Gasteiger partial charge in [-0.05, 0) is 19.3 Å². The van der Waals surface area contributed by atoms with Crippen LogP contribution in [0.4, 0.5) is 0 Å². The molecule has 0 unspecified atom stereocenters. The zero-order valence-corrected chi connectivity index (χ0v) is 7.90. The third kappa shape index (κ3) is 2.34. The number of hydrogen-bond donors (Lipinski definition) is 1. The topological polar surface area (TPSA) is 63.3 Å². The highest BCUT2D eigenvalue weighted by Gasteiger charge is 2.28. The van der Waals surface area contributed by atoms with E-state index in [9.17, 15) is 4.79 Å². The average molecular weight is 195 g/mol. The first-order chi connectivity index (χ1) is 6.75. The summed E-state index contributed by atoms with van der Waals surface area (Å²) < 4.78 is 5.49. The molecule has 1 aromatic rings. The number of aromatic nitrogens is 1. The molecule has 1 fully saturated rings. The highest BCUT2D eigenvalue weighted by Crippen LogP contribution is 2.39. The van der Waals surface area contributed by atoms with Crippen LogP contribution in [0, 0.1) is 0 Å². The van der Waals surface area contributed by atoms with Gasteiger partial charge in [0.1, 0.15) is 5.76 Å². The zero-order chi connectivity index (χ0) is 9.97. The van der Waals surface area contributed by atoms with Gasteiger partial charge in [-0.25, -0.2) is 4.98 Å². The van der Waals surface area contributed by atoms with Gasteiger partial charge in [0, 0.05) is 18.8 Å². The summed E-state index contributed by atoms with van der Waals surface area (Å²) in [5.74, 6) is 1.42. The van der Waals surface area contributed by atoms with E-state index in [0.717, 1.165) is 11.7 Å². The van der Waals surface area contributed by atoms with Crippen LogP contribution >= 0.6 is 0 Å². The van der Waals surface area contributed by atoms with Crippen molar-refractivity contribution in [3.05, 3.63) is 17.8 Å². The lowest BCUT2D eigenvalue weighted by molar-refractivity contribution is -0.137. The minimum absolute atomic E-state index is 0.194. The van der Waals surface area contributed by atoms with E-state index in [2.05, 4.69) is 4.98 Å². The van der Waals surface area contributed by atoms with Gasteiger partial charge in [-0.1, -0.05) is 0 Å². The number of rotatable bonds is 5. The highest BCUT2D eigenvalue weighted by molar-refractivity contribution is 5.66. The van der Waals surface area contributed by atoms with Crippen LogP contribution in [0.15, 0.2) is 10.6 Å². The molecule has 76 valence electrons. The SMILES string of the molecule is O=C(O)CCCc1cnc(C2CC2)o1. The third-order valence-corrected chi connectivity index (χ3v) is 2.31. The summed E-state index contributed by atoms with van der Waals surface area (Å²) in [6, 6.07) is 0. The lowest BCUT2D eigenvalue weighted by Gasteiger charge is -1.93. The molecule has 1 heterocycles. The van der Waals surface area contributed by atoms with Crippen LogP contribution in [0.5, 0.6) is 0 Å². The predicted octanol–water partition coefficient (Wildman–Crippen LogP) is 1.96. The predicted molar refractivity (Wildman–Crippen MR) is 49.1 cm³/mol. The quantitative estimate of drug-likeness (QED) is 0.780. The Hall–Kier alpha value is -1.32. The molecule has 0 aliphatic heterocycles. The van der Waals surface area contributed by atoms with Crippen molar-refractivity contribution in [2.24, 2.45) is 0 Å². The molecule has 1 aliphatic carbocycles. The smallest absolute Gasteiger partial charge is 0.303 e. The lowest BCUT2D eigenvalue weighted by atomic mass is 10.2. The Morgan fingerprint density at radius 2 is 2.43 bits per heavy atom. The van der Waals surface area contributed by atoms with Crippen molar-refractivity contribution in [3.8, 4) is 0 Å². The summed E-state index contributed by atoms with van der Waals surface area (Å²) in [6.45, 7) is 0. The van der Waals surface area contributed by atoms with E-state index in [4.69, 9.17) is 9.52 Å². The van der Waals surface area contributed by atoms with E-state index in [1.54, 1.807) is 6.20 Å². The first-order valence-corrected chi connectivity index (χ1v) is 4.92. The Balaban J connectivity index is 1.80. The summed E-state index contributed by atoms with van der Waals surface area (Å²) in [7, 11) is 0. The fourth-order valence-corrected chi connectivity index (χ4v) is 1.37. The molecule has 4 nitrogen and oxygen atoms in total. The Bertz CT molecular complexity index is 328. The number of oxazole rings is 1. The number of carboxylic acid groups (broad SMARTS) is 1. The van der Waals surface area contributed by atoms with Gasteiger partial charge in [0.25, 0.3) is 0 Å². The molecule has 14 heavy (non-hydrogen) atoms. The second-order valence-corrected chi connectivity index (χ2v) is 3.69. The molecule has 0 spiro atoms. The van der Waals surface area contributed by atoms with E-state index in [0.29, 0.717) is 18.8 Å². The van der Waals surface area contributed by atoms with E-state index >= 15 is 0 Å². The van der Waals surface area contributed by atoms with Crippen molar-refractivity contribution in [2.75, 3.05) is 0 Å². The van der Waals surface area contributed by atoms with E-state index < -0.39 is 5.97 Å². The standard InChI is InChI=1S/C10H13NO3/c12-9(13)3-1-2-8-6-11-10(14-8)7-4-5-7/h6-7H,1-5H2,(H,12,13). The second-order valence-electron chi connectivity index (χ2n) is 3.69. The number of aliphatic carboxylic acids is 1. The van der Waals surface area contributed by atoms with Crippen LogP contribution in [-0.4, -0.2) is 16.1 Å². The molecular formula is C10H13NO3. The Labute approximate surface area is 81.9 Å². The van der Waals surface area contributed by atoms with Gasteiger partial charge in [-0.2, -0.15) is 0 Å². The molecule has 1 N–H and O–H groups in total. The largest absolute Gasteiger partial charge is 0.481 e. The maximum Gasteiger partial charge on any atom is 0.303 e. The number of carboxylic acids is 1. The first-order valence-electron chi connectivity index (χ1n) is 4.92. The fourth-order valence-electron chi connectivity index (χ4n) is 1.37. The average Bonchev–Trinajstić information content (AvgIpc) is 2.87. The van der Waals surface area contributed by atoms with Crippen molar-refractivity contribution in [1.29, 1.82) is 0 Å². The fraction of sp³-hybridized carbons (Fsp3) is 0.600. The van der Waals surface area contributed by atoms with E-state index in [-0.39, 0.29) is 6.42 Å². The zero-order valence-electron chi connectivity index (χ0n) is 7.90. The summed E-state index contributed by atoms with van der Waals surface area (Å²) in [5.41, 5.74) is 0. The molecule has 0 amide bonds. The van der Waals surface area contributed by atoms with Gasteiger partial charge in [0.05, 0.1) is 6.20 Å². The van der Waals surface area contributed by atoms with Gasteiger partial charge in [-0.15, -0.1) is 0 Å². The normalized spacial score (nSPS) is 15.7. The molecule has 1 aromatic heterocycles. The molecule has 0 atom stereocenters. The van der Waals surface area contributed by atoms with Gasteiger partial charge in [0.2, 0.25) is 0 Å². The summed E-state index contributed by atoms with van der Waals surface area (Å²) in [6.07, 6.45) is 5.56. The lowest BCUT2D eigenvalue weighted by Crippen LogP contribution is -1.95. The van der Waals surface area contributed by atoms with Crippen molar-refractivity contribution < 1.29 is 14.3 Å². The molecule has 2 rings (SSSR count). The third-order valence-electron chi connectivity index (χ3n) is 2.31. The molecule has 4 heteroatoms. The van der Waals surface area contributed by atoms with Crippen LogP contribution < -0.4 is 0 Å². The minimum atomic E-state index is -0.757. The number of carbonyl (C=O) groups is 1. The van der Waals surface area contributed by atoms with Gasteiger partial charge < -0.3 is 9.52 Å². The Morgan fingerprint density at radius 3 is 3.07 bits per heavy atom. The number of nitrogens with zero attached hydrogens (tertiary/aromatic N) is 1. The van der Waals surface area contributed by atoms with Gasteiger partial charge in [0.15, 0.2) is 5.89 Å². The molecule has 0 aromatic carbocycles. The molecular weight excluding hydrogens is 182 g/mol. The molecule has 1 saturated carbocycles. The number of aryl methyl sites for hydroxylation is 1. The van der Waals surface area contributed by atoms with E-state index in [1.165, 1.54) is 12.8 Å². The molecule has 0 bridgehead atoms. The van der Waals surface area contributed by atoms with Crippen LogP contribution in [0.1, 0.15) is 43.3 Å². The van der Waals surface area contributed by atoms with Crippen LogP contribution in [-0.2, 0) is 11.2 Å². The van der Waals surface area contributed by atoms with Gasteiger partial charge in [-0.3, -0.25) is 4.79 Å². The first kappa shape index (κ1) is 9.24. The monoisotopic (exact) mass is 195 g/mol. The van der Waals surface area contributed by atoms with E-state index in [1.807, 2.05) is 0 Å². The van der Waals surface area contributed by atoms with Crippen LogP contribution in [0.25, 0.3) is 0 Å². The number of hydrogen-bond acceptors (Lipinski definition) is 3. The molecule has 0 saturated heterocycles. The molecule has 0 radical (unpaired) electrons. The minimum Gasteiger partial charge on any atom is -0.481 e. The summed E-state index contributed by atoms with van der Waals surface area (Å²) >= 11 is 0. The maximum absolute atomic E-state index is 10.3. The van der Waals surface area contributed by atoms with Crippen LogP contribution in [0.2, 0.25) is 0 Å². The molecule has 1 aliphatic rings. The van der Waals surface area contributed by atoms with Gasteiger partial charge >= 0.3 is 5.97 Å². The van der Waals surface area contributed by atoms with Crippen LogP contribution in [0.3, 0.4) is 0 Å². The highest BCUT2D eigenvalue weighted by atomic mass is 16.4. The van der Waals surface area contributed by atoms with Crippen molar-refractivity contribution in [3.63, 3.8) is 0 Å².